The maximum absolute atomic E-state index is 13.8. The Morgan fingerprint density at radius 2 is 1.12 bits per heavy atom. The molecule has 0 aliphatic carbocycles. The summed E-state index contributed by atoms with van der Waals surface area (Å²) in [7, 11) is 3.42. The second kappa shape index (κ2) is 10.4. The van der Waals surface area contributed by atoms with Crippen molar-refractivity contribution in [1.82, 2.24) is 9.80 Å². The van der Waals surface area contributed by atoms with E-state index in [4.69, 9.17) is 0 Å². The van der Waals surface area contributed by atoms with Crippen LogP contribution in [0.3, 0.4) is 0 Å². The highest BCUT2D eigenvalue weighted by Gasteiger charge is 2.42. The van der Waals surface area contributed by atoms with Crippen LogP contribution >= 0.6 is 0 Å². The molecule has 174 valence electrons. The first-order chi connectivity index (χ1) is 16.5. The SMILES string of the molecule is CN(C)C(=O)CN1C[C@@H](C(=O)c2ccccc2)N(c2ccccc2)[C@H](C(=O)c2ccccc2)C1. The molecule has 6 nitrogen and oxygen atoms in total. The number of anilines is 1. The van der Waals surface area contributed by atoms with Crippen LogP contribution in [0.15, 0.2) is 91.0 Å². The molecule has 3 aromatic rings. The summed E-state index contributed by atoms with van der Waals surface area (Å²) in [6, 6.07) is 26.6. The van der Waals surface area contributed by atoms with Gasteiger partial charge >= 0.3 is 0 Å². The van der Waals surface area contributed by atoms with Crippen LogP contribution in [0.2, 0.25) is 0 Å². The van der Waals surface area contributed by atoms with Gasteiger partial charge < -0.3 is 9.80 Å². The fraction of sp³-hybridized carbons (Fsp3) is 0.250. The number of amides is 1. The van der Waals surface area contributed by atoms with Gasteiger partial charge in [-0.05, 0) is 12.1 Å². The molecule has 0 aromatic heterocycles. The van der Waals surface area contributed by atoms with Crippen LogP contribution in [0.25, 0.3) is 0 Å². The Hall–Kier alpha value is -3.77. The third-order valence-electron chi connectivity index (χ3n) is 6.17. The molecule has 34 heavy (non-hydrogen) atoms. The summed E-state index contributed by atoms with van der Waals surface area (Å²) in [6.07, 6.45) is 0. The minimum atomic E-state index is -0.619. The fourth-order valence-electron chi connectivity index (χ4n) is 4.39. The van der Waals surface area contributed by atoms with Crippen LogP contribution in [0.4, 0.5) is 5.69 Å². The maximum Gasteiger partial charge on any atom is 0.236 e. The van der Waals surface area contributed by atoms with Gasteiger partial charge in [0.15, 0.2) is 11.6 Å². The lowest BCUT2D eigenvalue weighted by Crippen LogP contribution is -2.64. The molecule has 1 amide bonds. The van der Waals surface area contributed by atoms with Crippen molar-refractivity contribution < 1.29 is 14.4 Å². The van der Waals surface area contributed by atoms with E-state index >= 15 is 0 Å². The minimum absolute atomic E-state index is 0.0648. The van der Waals surface area contributed by atoms with E-state index in [2.05, 4.69) is 0 Å². The van der Waals surface area contributed by atoms with Gasteiger partial charge in [0.25, 0.3) is 0 Å². The Bertz CT molecular complexity index is 1070. The Labute approximate surface area is 200 Å². The lowest BCUT2D eigenvalue weighted by Gasteiger charge is -2.46. The second-order valence-corrected chi connectivity index (χ2v) is 8.72. The van der Waals surface area contributed by atoms with Gasteiger partial charge in [-0.25, -0.2) is 0 Å². The molecule has 1 fully saturated rings. The molecule has 1 aliphatic heterocycles. The molecule has 1 saturated heterocycles. The zero-order chi connectivity index (χ0) is 24.1. The van der Waals surface area contributed by atoms with E-state index in [0.29, 0.717) is 24.2 Å². The normalized spacial score (nSPS) is 18.4. The van der Waals surface area contributed by atoms with Gasteiger partial charge in [0.1, 0.15) is 12.1 Å². The quantitative estimate of drug-likeness (QED) is 0.511. The van der Waals surface area contributed by atoms with Gasteiger partial charge in [0.05, 0.1) is 6.54 Å². The summed E-state index contributed by atoms with van der Waals surface area (Å²) >= 11 is 0. The molecule has 2 atom stereocenters. The predicted molar refractivity (Wildman–Crippen MR) is 133 cm³/mol. The Morgan fingerprint density at radius 1 is 0.706 bits per heavy atom. The van der Waals surface area contributed by atoms with E-state index < -0.39 is 12.1 Å². The Morgan fingerprint density at radius 3 is 1.53 bits per heavy atom. The molecule has 1 heterocycles. The highest BCUT2D eigenvalue weighted by molar-refractivity contribution is 6.07. The van der Waals surface area contributed by atoms with E-state index in [-0.39, 0.29) is 24.0 Å². The van der Waals surface area contributed by atoms with Crippen LogP contribution in [0.1, 0.15) is 20.7 Å². The number of likely N-dealkylation sites (N-methyl/N-ethyl adjacent to an activating group) is 1. The Balaban J connectivity index is 1.78. The summed E-state index contributed by atoms with van der Waals surface area (Å²) < 4.78 is 0. The van der Waals surface area contributed by atoms with Gasteiger partial charge in [0, 0.05) is 44.0 Å². The highest BCUT2D eigenvalue weighted by Crippen LogP contribution is 2.29. The number of ketones is 2. The van der Waals surface area contributed by atoms with E-state index in [0.717, 1.165) is 5.69 Å². The summed E-state index contributed by atoms with van der Waals surface area (Å²) in [6.45, 7) is 0.842. The summed E-state index contributed by atoms with van der Waals surface area (Å²) in [4.78, 5) is 45.5. The minimum Gasteiger partial charge on any atom is -0.348 e. The van der Waals surface area contributed by atoms with Gasteiger partial charge in [-0.1, -0.05) is 78.9 Å². The lowest BCUT2D eigenvalue weighted by atomic mass is 9.92. The number of Topliss-reactive ketones (excluding diaryl/α,β-unsaturated/α-hetero) is 2. The lowest BCUT2D eigenvalue weighted by molar-refractivity contribution is -0.130. The fourth-order valence-corrected chi connectivity index (χ4v) is 4.39. The van der Waals surface area contributed by atoms with Crippen molar-refractivity contribution in [3.05, 3.63) is 102 Å². The van der Waals surface area contributed by atoms with Crippen LogP contribution in [0.5, 0.6) is 0 Å². The van der Waals surface area contributed by atoms with Crippen LogP contribution < -0.4 is 4.90 Å². The van der Waals surface area contributed by atoms with Crippen molar-refractivity contribution in [3.63, 3.8) is 0 Å². The molecule has 1 aliphatic rings. The number of piperazine rings is 1. The third kappa shape index (κ3) is 5.07. The highest BCUT2D eigenvalue weighted by atomic mass is 16.2. The molecule has 0 saturated carbocycles. The molecule has 0 radical (unpaired) electrons. The Kier molecular flexibility index (Phi) is 7.18. The maximum atomic E-state index is 13.8. The monoisotopic (exact) mass is 455 g/mol. The average Bonchev–Trinajstić information content (AvgIpc) is 2.88. The molecular formula is C28H29N3O3. The molecule has 6 heteroatoms. The van der Waals surface area contributed by atoms with Gasteiger partial charge in [-0.2, -0.15) is 0 Å². The summed E-state index contributed by atoms with van der Waals surface area (Å²) in [5.41, 5.74) is 1.98. The molecule has 0 bridgehead atoms. The van der Waals surface area contributed by atoms with Crippen molar-refractivity contribution >= 4 is 23.2 Å². The predicted octanol–water partition coefficient (Wildman–Crippen LogP) is 3.40. The number of rotatable bonds is 7. The average molecular weight is 456 g/mol. The molecule has 0 N–H and O–H groups in total. The molecule has 3 aromatic carbocycles. The zero-order valence-electron chi connectivity index (χ0n) is 19.5. The molecular weight excluding hydrogens is 426 g/mol. The number of nitrogens with zero attached hydrogens (tertiary/aromatic N) is 3. The summed E-state index contributed by atoms with van der Waals surface area (Å²) in [5.74, 6) is -0.209. The number of benzene rings is 3. The van der Waals surface area contributed by atoms with Crippen molar-refractivity contribution in [1.29, 1.82) is 0 Å². The number of para-hydroxylation sites is 1. The van der Waals surface area contributed by atoms with Crippen LogP contribution in [-0.4, -0.2) is 73.1 Å². The van der Waals surface area contributed by atoms with E-state index in [1.54, 1.807) is 38.4 Å². The number of carbonyl (C=O) groups excluding carboxylic acids is 3. The van der Waals surface area contributed by atoms with Gasteiger partial charge in [0.2, 0.25) is 5.91 Å². The topological polar surface area (TPSA) is 60.9 Å². The van der Waals surface area contributed by atoms with Gasteiger partial charge in [-0.15, -0.1) is 0 Å². The van der Waals surface area contributed by atoms with E-state index in [1.165, 1.54) is 4.90 Å². The largest absolute Gasteiger partial charge is 0.348 e. The van der Waals surface area contributed by atoms with Crippen molar-refractivity contribution in [2.75, 3.05) is 38.6 Å². The number of carbonyl (C=O) groups is 3. The third-order valence-corrected chi connectivity index (χ3v) is 6.17. The van der Waals surface area contributed by atoms with Crippen molar-refractivity contribution in [2.45, 2.75) is 12.1 Å². The van der Waals surface area contributed by atoms with Crippen molar-refractivity contribution in [2.24, 2.45) is 0 Å². The van der Waals surface area contributed by atoms with Crippen molar-refractivity contribution in [3.8, 4) is 0 Å². The number of hydrogen-bond donors (Lipinski definition) is 0. The molecule has 0 unspecified atom stereocenters. The van der Waals surface area contributed by atoms with Crippen LogP contribution in [-0.2, 0) is 4.79 Å². The first-order valence-electron chi connectivity index (χ1n) is 11.4. The first kappa shape index (κ1) is 23.4. The first-order valence-corrected chi connectivity index (χ1v) is 11.4. The standard InChI is InChI=1S/C28H29N3O3/c1-29(2)26(32)20-30-18-24(27(33)21-12-6-3-7-13-21)31(23-16-10-5-11-17-23)25(19-30)28(34)22-14-8-4-9-15-22/h3-17,24-25H,18-20H2,1-2H3/t24-,25-/m0/s1. The second-order valence-electron chi connectivity index (χ2n) is 8.72. The molecule has 0 spiro atoms. The van der Waals surface area contributed by atoms with Crippen LogP contribution in [0, 0.1) is 0 Å². The van der Waals surface area contributed by atoms with E-state index in [1.807, 2.05) is 76.5 Å². The number of hydrogen-bond acceptors (Lipinski definition) is 5. The smallest absolute Gasteiger partial charge is 0.236 e. The molecule has 4 rings (SSSR count). The van der Waals surface area contributed by atoms with Gasteiger partial charge in [-0.3, -0.25) is 19.3 Å². The van der Waals surface area contributed by atoms with E-state index in [9.17, 15) is 14.4 Å². The zero-order valence-corrected chi connectivity index (χ0v) is 19.5. The summed E-state index contributed by atoms with van der Waals surface area (Å²) in [5, 5.41) is 0.